The van der Waals surface area contributed by atoms with Gasteiger partial charge in [0.15, 0.2) is 5.69 Å². The van der Waals surface area contributed by atoms with E-state index in [2.05, 4.69) is 4.98 Å². The number of hydrogen-bond donors (Lipinski definition) is 1. The highest BCUT2D eigenvalue weighted by Crippen LogP contribution is 2.20. The van der Waals surface area contributed by atoms with Crippen molar-refractivity contribution in [2.45, 2.75) is 11.0 Å². The van der Waals surface area contributed by atoms with Crippen LogP contribution in [-0.2, 0) is 14.8 Å². The number of aliphatic hydroxyl groups excluding tert-OH is 1. The third kappa shape index (κ3) is 2.74. The average molecular weight is 283 g/mol. The highest BCUT2D eigenvalue weighted by molar-refractivity contribution is 7.89. The SMILES string of the molecule is N#Cc1ncccc1S(=O)(=O)N1CCOC(CO)C1. The number of aliphatic hydroxyl groups is 1. The van der Waals surface area contributed by atoms with Gasteiger partial charge in [0.1, 0.15) is 11.0 Å². The molecule has 1 unspecified atom stereocenters. The number of sulfonamides is 1. The molecule has 1 atom stereocenters. The number of nitrogens with zero attached hydrogens (tertiary/aromatic N) is 3. The molecule has 0 spiro atoms. The second-order valence-electron chi connectivity index (χ2n) is 4.00. The lowest BCUT2D eigenvalue weighted by Crippen LogP contribution is -2.46. The fourth-order valence-corrected chi connectivity index (χ4v) is 3.39. The maximum atomic E-state index is 12.4. The first-order valence-corrected chi connectivity index (χ1v) is 7.11. The van der Waals surface area contributed by atoms with Crippen LogP contribution in [-0.4, -0.2) is 55.2 Å². The molecular weight excluding hydrogens is 270 g/mol. The van der Waals surface area contributed by atoms with E-state index in [0.29, 0.717) is 0 Å². The third-order valence-electron chi connectivity index (χ3n) is 2.80. The van der Waals surface area contributed by atoms with Crippen molar-refractivity contribution in [1.29, 1.82) is 5.26 Å². The Morgan fingerprint density at radius 1 is 1.63 bits per heavy atom. The maximum absolute atomic E-state index is 12.4. The molecule has 1 N–H and O–H groups in total. The van der Waals surface area contributed by atoms with Crippen LogP contribution in [0.3, 0.4) is 0 Å². The van der Waals surface area contributed by atoms with Gasteiger partial charge in [-0.2, -0.15) is 9.57 Å². The molecule has 1 fully saturated rings. The van der Waals surface area contributed by atoms with Gasteiger partial charge in [0.05, 0.1) is 19.3 Å². The summed E-state index contributed by atoms with van der Waals surface area (Å²) in [4.78, 5) is 3.64. The average Bonchev–Trinajstić information content (AvgIpc) is 2.47. The molecule has 0 saturated carbocycles. The molecule has 0 amide bonds. The lowest BCUT2D eigenvalue weighted by molar-refractivity contribution is -0.0304. The molecule has 1 aliphatic heterocycles. The summed E-state index contributed by atoms with van der Waals surface area (Å²) in [6, 6.07) is 4.59. The molecule has 0 aliphatic carbocycles. The van der Waals surface area contributed by atoms with Gasteiger partial charge in [-0.3, -0.25) is 0 Å². The summed E-state index contributed by atoms with van der Waals surface area (Å²) >= 11 is 0. The molecule has 1 saturated heterocycles. The van der Waals surface area contributed by atoms with Crippen molar-refractivity contribution >= 4 is 10.0 Å². The molecule has 19 heavy (non-hydrogen) atoms. The third-order valence-corrected chi connectivity index (χ3v) is 4.70. The normalized spacial score (nSPS) is 20.9. The number of pyridine rings is 1. The minimum Gasteiger partial charge on any atom is -0.394 e. The zero-order chi connectivity index (χ0) is 13.9. The Bertz CT molecular complexity index is 596. The van der Waals surface area contributed by atoms with Crippen LogP contribution in [0.5, 0.6) is 0 Å². The lowest BCUT2D eigenvalue weighted by Gasteiger charge is -2.31. The van der Waals surface area contributed by atoms with E-state index in [1.165, 1.54) is 22.6 Å². The zero-order valence-electron chi connectivity index (χ0n) is 10.1. The number of ether oxygens (including phenoxy) is 1. The van der Waals surface area contributed by atoms with Crippen LogP contribution < -0.4 is 0 Å². The van der Waals surface area contributed by atoms with Crippen molar-refractivity contribution < 1.29 is 18.3 Å². The van der Waals surface area contributed by atoms with E-state index < -0.39 is 16.1 Å². The molecule has 1 aliphatic rings. The molecule has 8 heteroatoms. The van der Waals surface area contributed by atoms with Gasteiger partial charge < -0.3 is 9.84 Å². The van der Waals surface area contributed by atoms with Gasteiger partial charge >= 0.3 is 0 Å². The summed E-state index contributed by atoms with van der Waals surface area (Å²) in [7, 11) is -3.79. The summed E-state index contributed by atoms with van der Waals surface area (Å²) in [6.07, 6.45) is 0.832. The fourth-order valence-electron chi connectivity index (χ4n) is 1.84. The molecule has 0 aromatic carbocycles. The van der Waals surface area contributed by atoms with E-state index in [1.807, 2.05) is 0 Å². The molecule has 1 aromatic heterocycles. The largest absolute Gasteiger partial charge is 0.394 e. The first-order chi connectivity index (χ1) is 9.09. The van der Waals surface area contributed by atoms with Crippen molar-refractivity contribution in [1.82, 2.24) is 9.29 Å². The predicted octanol–water partition coefficient (Wildman–Crippen LogP) is -0.665. The fraction of sp³-hybridized carbons (Fsp3) is 0.455. The van der Waals surface area contributed by atoms with Gasteiger partial charge in [-0.1, -0.05) is 0 Å². The minimum atomic E-state index is -3.79. The minimum absolute atomic E-state index is 0.0681. The summed E-state index contributed by atoms with van der Waals surface area (Å²) in [5, 5.41) is 18.0. The molecule has 0 radical (unpaired) electrons. The number of aromatic nitrogens is 1. The monoisotopic (exact) mass is 283 g/mol. The van der Waals surface area contributed by atoms with Crippen molar-refractivity contribution in [2.75, 3.05) is 26.3 Å². The highest BCUT2D eigenvalue weighted by Gasteiger charge is 2.32. The van der Waals surface area contributed by atoms with Gasteiger partial charge in [-0.25, -0.2) is 13.4 Å². The Morgan fingerprint density at radius 3 is 3.11 bits per heavy atom. The Morgan fingerprint density at radius 2 is 2.42 bits per heavy atom. The van der Waals surface area contributed by atoms with Crippen molar-refractivity contribution in [3.63, 3.8) is 0 Å². The Kier molecular flexibility index (Phi) is 4.11. The second-order valence-corrected chi connectivity index (χ2v) is 5.91. The number of morpholine rings is 1. The van der Waals surface area contributed by atoms with Crippen LogP contribution in [0.15, 0.2) is 23.2 Å². The number of rotatable bonds is 3. The van der Waals surface area contributed by atoms with Crippen molar-refractivity contribution in [2.24, 2.45) is 0 Å². The van der Waals surface area contributed by atoms with Crippen LogP contribution in [0.4, 0.5) is 0 Å². The number of nitriles is 1. The van der Waals surface area contributed by atoms with Crippen LogP contribution in [0.2, 0.25) is 0 Å². The van der Waals surface area contributed by atoms with E-state index >= 15 is 0 Å². The summed E-state index contributed by atoms with van der Waals surface area (Å²) in [5.74, 6) is 0. The molecular formula is C11H13N3O4S. The van der Waals surface area contributed by atoms with E-state index in [0.717, 1.165) is 0 Å². The first-order valence-electron chi connectivity index (χ1n) is 5.67. The molecule has 0 bridgehead atoms. The van der Waals surface area contributed by atoms with Crippen LogP contribution in [0.1, 0.15) is 5.69 Å². The van der Waals surface area contributed by atoms with Gasteiger partial charge in [-0.15, -0.1) is 0 Å². The highest BCUT2D eigenvalue weighted by atomic mass is 32.2. The summed E-state index contributed by atoms with van der Waals surface area (Å²) < 4.78 is 31.3. The van der Waals surface area contributed by atoms with Crippen molar-refractivity contribution in [3.8, 4) is 6.07 Å². The Labute approximate surface area is 111 Å². The lowest BCUT2D eigenvalue weighted by atomic mass is 10.3. The van der Waals surface area contributed by atoms with E-state index in [1.54, 1.807) is 6.07 Å². The molecule has 102 valence electrons. The Balaban J connectivity index is 2.35. The molecule has 7 nitrogen and oxygen atoms in total. The number of hydrogen-bond acceptors (Lipinski definition) is 6. The Hall–Kier alpha value is -1.53. The molecule has 1 aromatic rings. The van der Waals surface area contributed by atoms with E-state index in [4.69, 9.17) is 15.1 Å². The maximum Gasteiger partial charge on any atom is 0.246 e. The standard InChI is InChI=1S/C11H13N3O4S/c12-6-10-11(2-1-3-13-10)19(16,17)14-4-5-18-9(7-14)8-15/h1-3,9,15H,4-5,7-8H2. The van der Waals surface area contributed by atoms with E-state index in [9.17, 15) is 8.42 Å². The topological polar surface area (TPSA) is 104 Å². The predicted molar refractivity (Wildman–Crippen MR) is 64.5 cm³/mol. The second kappa shape index (κ2) is 5.63. The smallest absolute Gasteiger partial charge is 0.246 e. The molecule has 2 rings (SSSR count). The molecule has 2 heterocycles. The van der Waals surface area contributed by atoms with Gasteiger partial charge in [0, 0.05) is 19.3 Å². The van der Waals surface area contributed by atoms with Crippen LogP contribution in [0, 0.1) is 11.3 Å². The summed E-state index contributed by atoms with van der Waals surface area (Å²) in [5.41, 5.74) is -0.130. The van der Waals surface area contributed by atoms with Crippen LogP contribution >= 0.6 is 0 Å². The first kappa shape index (κ1) is 13.9. The van der Waals surface area contributed by atoms with Crippen molar-refractivity contribution in [3.05, 3.63) is 24.0 Å². The van der Waals surface area contributed by atoms with Gasteiger partial charge in [0.25, 0.3) is 0 Å². The van der Waals surface area contributed by atoms with Gasteiger partial charge in [0.2, 0.25) is 10.0 Å². The van der Waals surface area contributed by atoms with Gasteiger partial charge in [-0.05, 0) is 12.1 Å². The van der Waals surface area contributed by atoms with Crippen LogP contribution in [0.25, 0.3) is 0 Å². The van der Waals surface area contributed by atoms with E-state index in [-0.39, 0.29) is 36.9 Å². The quantitative estimate of drug-likeness (QED) is 0.789. The summed E-state index contributed by atoms with van der Waals surface area (Å²) in [6.45, 7) is 0.230. The zero-order valence-corrected chi connectivity index (χ0v) is 10.9.